The molecular weight excluding hydrogens is 316 g/mol. The van der Waals surface area contributed by atoms with Crippen molar-refractivity contribution in [2.45, 2.75) is 51.0 Å². The van der Waals surface area contributed by atoms with E-state index in [1.54, 1.807) is 7.11 Å². The molecule has 0 radical (unpaired) electrons. The summed E-state index contributed by atoms with van der Waals surface area (Å²) in [7, 11) is 1.75. The first-order valence-electron chi connectivity index (χ1n) is 6.34. The average Bonchev–Trinajstić information content (AvgIpc) is 2.61. The normalized spacial score (nSPS) is 19.6. The number of nitrogens with zero attached hydrogens (tertiary/aromatic N) is 2. The lowest BCUT2D eigenvalue weighted by Crippen LogP contribution is -2.30. The third-order valence-electron chi connectivity index (χ3n) is 3.69. The van der Waals surface area contributed by atoms with Crippen LogP contribution in [0.2, 0.25) is 5.15 Å². The van der Waals surface area contributed by atoms with Gasteiger partial charge in [-0.05, 0) is 35.7 Å². The first-order chi connectivity index (χ1) is 8.59. The summed E-state index contributed by atoms with van der Waals surface area (Å²) in [5.41, 5.74) is 0.511. The largest absolute Gasteiger partial charge is 0.370 e. The van der Waals surface area contributed by atoms with Gasteiger partial charge in [0.15, 0.2) is 5.82 Å². The standard InChI is InChI=1S/C13H18BrClN2O/c1-9-10(14)11(15)17-12(16-9)13(18-2)7-5-3-4-6-8-13/h3-8H2,1-2H3. The second-order valence-electron chi connectivity index (χ2n) is 4.85. The Balaban J connectivity index is 2.43. The van der Waals surface area contributed by atoms with Gasteiger partial charge in [0.1, 0.15) is 10.8 Å². The summed E-state index contributed by atoms with van der Waals surface area (Å²) in [6.07, 6.45) is 6.78. The molecule has 0 spiro atoms. The van der Waals surface area contributed by atoms with Gasteiger partial charge in [-0.15, -0.1) is 0 Å². The molecule has 0 unspecified atom stereocenters. The molecule has 0 aromatic carbocycles. The van der Waals surface area contributed by atoms with Crippen molar-refractivity contribution in [2.75, 3.05) is 7.11 Å². The van der Waals surface area contributed by atoms with E-state index in [0.29, 0.717) is 5.15 Å². The number of ether oxygens (including phenoxy) is 1. The second kappa shape index (κ2) is 5.85. The van der Waals surface area contributed by atoms with Crippen molar-refractivity contribution < 1.29 is 4.74 Å². The fourth-order valence-electron chi connectivity index (χ4n) is 2.55. The molecule has 0 N–H and O–H groups in total. The molecule has 1 saturated carbocycles. The number of rotatable bonds is 2. The Bertz CT molecular complexity index is 408. The molecule has 5 heteroatoms. The van der Waals surface area contributed by atoms with Gasteiger partial charge in [0.05, 0.1) is 10.2 Å². The Kier molecular flexibility index (Phi) is 4.62. The van der Waals surface area contributed by atoms with Crippen molar-refractivity contribution >= 4 is 27.5 Å². The molecule has 0 bridgehead atoms. The Hall–Kier alpha value is -0.190. The summed E-state index contributed by atoms with van der Waals surface area (Å²) >= 11 is 9.54. The van der Waals surface area contributed by atoms with Gasteiger partial charge >= 0.3 is 0 Å². The van der Waals surface area contributed by atoms with Crippen LogP contribution in [-0.4, -0.2) is 17.1 Å². The van der Waals surface area contributed by atoms with E-state index in [2.05, 4.69) is 25.9 Å². The van der Waals surface area contributed by atoms with Crippen LogP contribution in [0, 0.1) is 6.92 Å². The van der Waals surface area contributed by atoms with Crippen molar-refractivity contribution in [3.05, 3.63) is 21.1 Å². The molecule has 0 atom stereocenters. The van der Waals surface area contributed by atoms with Gasteiger partial charge < -0.3 is 4.74 Å². The first kappa shape index (κ1) is 14.2. The fraction of sp³-hybridized carbons (Fsp3) is 0.692. The van der Waals surface area contributed by atoms with Crippen molar-refractivity contribution in [3.63, 3.8) is 0 Å². The second-order valence-corrected chi connectivity index (χ2v) is 6.00. The summed E-state index contributed by atoms with van der Waals surface area (Å²) in [4.78, 5) is 9.00. The van der Waals surface area contributed by atoms with Crippen molar-refractivity contribution in [1.29, 1.82) is 0 Å². The lowest BCUT2D eigenvalue weighted by molar-refractivity contribution is -0.0353. The highest BCUT2D eigenvalue weighted by molar-refractivity contribution is 9.10. The van der Waals surface area contributed by atoms with Gasteiger partial charge in [-0.25, -0.2) is 9.97 Å². The summed E-state index contributed by atoms with van der Waals surface area (Å²) in [6.45, 7) is 1.93. The van der Waals surface area contributed by atoms with Crippen molar-refractivity contribution in [3.8, 4) is 0 Å². The van der Waals surface area contributed by atoms with Gasteiger partial charge in [-0.3, -0.25) is 0 Å². The van der Waals surface area contributed by atoms with Crippen LogP contribution < -0.4 is 0 Å². The average molecular weight is 334 g/mol. The number of aromatic nitrogens is 2. The summed E-state index contributed by atoms with van der Waals surface area (Å²) < 4.78 is 6.57. The quantitative estimate of drug-likeness (QED) is 0.594. The molecule has 1 aromatic rings. The maximum absolute atomic E-state index is 6.14. The van der Waals surface area contributed by atoms with Crippen molar-refractivity contribution in [2.24, 2.45) is 0 Å². The highest BCUT2D eigenvalue weighted by Gasteiger charge is 2.36. The third kappa shape index (κ3) is 2.70. The molecular formula is C13H18BrClN2O. The molecule has 1 aliphatic rings. The van der Waals surface area contributed by atoms with Crippen LogP contribution in [0.25, 0.3) is 0 Å². The van der Waals surface area contributed by atoms with Crippen LogP contribution in [0.15, 0.2) is 4.47 Å². The van der Waals surface area contributed by atoms with Crippen LogP contribution in [0.1, 0.15) is 50.0 Å². The zero-order valence-electron chi connectivity index (χ0n) is 10.8. The van der Waals surface area contributed by atoms with Crippen LogP contribution in [0.4, 0.5) is 0 Å². The highest BCUT2D eigenvalue weighted by atomic mass is 79.9. The molecule has 3 nitrogen and oxygen atoms in total. The van der Waals surface area contributed by atoms with E-state index in [1.165, 1.54) is 12.8 Å². The van der Waals surface area contributed by atoms with Crippen LogP contribution in [0.3, 0.4) is 0 Å². The minimum atomic E-state index is -0.356. The lowest BCUT2D eigenvalue weighted by atomic mass is 9.93. The van der Waals surface area contributed by atoms with Crippen LogP contribution in [0.5, 0.6) is 0 Å². The Morgan fingerprint density at radius 3 is 2.28 bits per heavy atom. The zero-order valence-corrected chi connectivity index (χ0v) is 13.1. The van der Waals surface area contributed by atoms with Crippen LogP contribution in [-0.2, 0) is 10.3 Å². The Morgan fingerprint density at radius 2 is 1.78 bits per heavy atom. The fourth-order valence-corrected chi connectivity index (χ4v) is 2.94. The smallest absolute Gasteiger partial charge is 0.162 e. The number of halogens is 2. The van der Waals surface area contributed by atoms with Gasteiger partial charge in [0.25, 0.3) is 0 Å². The SMILES string of the molecule is COC1(c2nc(C)c(Br)c(Cl)n2)CCCCCC1. The summed E-state index contributed by atoms with van der Waals surface area (Å²) in [5, 5.41) is 0.471. The van der Waals surface area contributed by atoms with E-state index < -0.39 is 0 Å². The molecule has 2 rings (SSSR count). The lowest BCUT2D eigenvalue weighted by Gasteiger charge is -2.30. The highest BCUT2D eigenvalue weighted by Crippen LogP contribution is 2.38. The van der Waals surface area contributed by atoms with Gasteiger partial charge in [-0.1, -0.05) is 37.3 Å². The summed E-state index contributed by atoms with van der Waals surface area (Å²) in [5.74, 6) is 0.734. The van der Waals surface area contributed by atoms with Gasteiger partial charge in [-0.2, -0.15) is 0 Å². The van der Waals surface area contributed by atoms with E-state index in [1.807, 2.05) is 6.92 Å². The van der Waals surface area contributed by atoms with Crippen LogP contribution >= 0.6 is 27.5 Å². The van der Waals surface area contributed by atoms with E-state index in [9.17, 15) is 0 Å². The molecule has 100 valence electrons. The molecule has 18 heavy (non-hydrogen) atoms. The maximum atomic E-state index is 6.14. The first-order valence-corrected chi connectivity index (χ1v) is 7.51. The number of aryl methyl sites for hydroxylation is 1. The molecule has 0 aliphatic heterocycles. The maximum Gasteiger partial charge on any atom is 0.162 e. The van der Waals surface area contributed by atoms with Gasteiger partial charge in [0.2, 0.25) is 0 Å². The molecule has 0 amide bonds. The molecule has 1 heterocycles. The minimum Gasteiger partial charge on any atom is -0.370 e. The molecule has 0 saturated heterocycles. The number of methoxy groups -OCH3 is 1. The third-order valence-corrected chi connectivity index (χ3v) is 5.14. The van der Waals surface area contributed by atoms with E-state index in [4.69, 9.17) is 16.3 Å². The number of hydrogen-bond donors (Lipinski definition) is 0. The van der Waals surface area contributed by atoms with Gasteiger partial charge in [0, 0.05) is 7.11 Å². The monoisotopic (exact) mass is 332 g/mol. The van der Waals surface area contributed by atoms with E-state index in [-0.39, 0.29) is 5.60 Å². The predicted molar refractivity (Wildman–Crippen MR) is 75.9 cm³/mol. The predicted octanol–water partition coefficient (Wildman–Crippen LogP) is 4.40. The Labute approximate surface area is 121 Å². The topological polar surface area (TPSA) is 35.0 Å². The molecule has 1 aromatic heterocycles. The summed E-state index contributed by atoms with van der Waals surface area (Å²) in [6, 6.07) is 0. The van der Waals surface area contributed by atoms with E-state index >= 15 is 0 Å². The Morgan fingerprint density at radius 1 is 1.17 bits per heavy atom. The molecule has 1 fully saturated rings. The molecule has 1 aliphatic carbocycles. The minimum absolute atomic E-state index is 0.356. The van der Waals surface area contributed by atoms with E-state index in [0.717, 1.165) is 41.7 Å². The van der Waals surface area contributed by atoms with Crippen molar-refractivity contribution in [1.82, 2.24) is 9.97 Å². The zero-order chi connectivity index (χ0) is 13.2. The number of hydrogen-bond acceptors (Lipinski definition) is 3.